The van der Waals surface area contributed by atoms with Crippen molar-refractivity contribution in [2.45, 2.75) is 26.7 Å². The van der Waals surface area contributed by atoms with Gasteiger partial charge in [0.05, 0.1) is 0 Å². The topological polar surface area (TPSA) is 83.6 Å². The van der Waals surface area contributed by atoms with E-state index in [0.29, 0.717) is 22.8 Å². The predicted molar refractivity (Wildman–Crippen MR) is 110 cm³/mol. The molecule has 0 atom stereocenters. The van der Waals surface area contributed by atoms with Gasteiger partial charge in [-0.15, -0.1) is 11.3 Å². The van der Waals surface area contributed by atoms with Crippen LogP contribution in [0.1, 0.15) is 29.9 Å². The quantitative estimate of drug-likeness (QED) is 0.749. The van der Waals surface area contributed by atoms with Crippen molar-refractivity contribution >= 4 is 38.1 Å². The van der Waals surface area contributed by atoms with Crippen molar-refractivity contribution in [2.24, 2.45) is 0 Å². The number of nitrogens with zero attached hydrogens (tertiary/aromatic N) is 1. The van der Waals surface area contributed by atoms with Crippen LogP contribution in [-0.4, -0.2) is 37.6 Å². The molecule has 3 rings (SSSR count). The molecule has 8 heteroatoms. The van der Waals surface area contributed by atoms with Gasteiger partial charge in [0.15, 0.2) is 0 Å². The van der Waals surface area contributed by atoms with Gasteiger partial charge in [-0.05, 0) is 42.3 Å². The Morgan fingerprint density at radius 1 is 1.18 bits per heavy atom. The number of thiophene rings is 1. The minimum absolute atomic E-state index is 0.0217. The minimum atomic E-state index is -4.06. The van der Waals surface area contributed by atoms with Crippen LogP contribution in [0, 0.1) is 0 Å². The maximum absolute atomic E-state index is 12.9. The molecule has 1 aliphatic heterocycles. The number of aryl methyl sites for hydroxylation is 1. The van der Waals surface area contributed by atoms with Crippen LogP contribution >= 0.6 is 11.3 Å². The van der Waals surface area contributed by atoms with Gasteiger partial charge in [0.1, 0.15) is 11.4 Å². The third kappa shape index (κ3) is 4.02. The summed E-state index contributed by atoms with van der Waals surface area (Å²) in [5.41, 5.74) is 1.67. The largest absolute Gasteiger partial charge is 0.354 e. The van der Waals surface area contributed by atoms with E-state index in [1.807, 2.05) is 36.6 Å². The zero-order valence-electron chi connectivity index (χ0n) is 15.8. The molecule has 2 amide bonds. The fourth-order valence-corrected chi connectivity index (χ4v) is 5.56. The predicted octanol–water partition coefficient (Wildman–Crippen LogP) is 2.57. The highest BCUT2D eigenvalue weighted by atomic mass is 32.2. The number of amides is 2. The van der Waals surface area contributed by atoms with Crippen LogP contribution in [0.3, 0.4) is 0 Å². The second-order valence-electron chi connectivity index (χ2n) is 6.50. The van der Waals surface area contributed by atoms with E-state index in [2.05, 4.69) is 5.32 Å². The third-order valence-electron chi connectivity index (χ3n) is 4.62. The molecule has 1 aliphatic rings. The van der Waals surface area contributed by atoms with Gasteiger partial charge in [0.2, 0.25) is 5.91 Å². The summed E-state index contributed by atoms with van der Waals surface area (Å²) in [5, 5.41) is 4.64. The van der Waals surface area contributed by atoms with Gasteiger partial charge >= 0.3 is 0 Å². The van der Waals surface area contributed by atoms with Crippen LogP contribution in [0.15, 0.2) is 47.4 Å². The lowest BCUT2D eigenvalue weighted by Gasteiger charge is -2.16. The van der Waals surface area contributed by atoms with E-state index in [4.69, 9.17) is 0 Å². The molecule has 1 N–H and O–H groups in total. The van der Waals surface area contributed by atoms with Crippen LogP contribution in [0.25, 0.3) is 4.91 Å². The van der Waals surface area contributed by atoms with E-state index in [1.165, 1.54) is 6.92 Å². The Kier molecular flexibility index (Phi) is 6.00. The number of benzene rings is 1. The molecule has 1 aromatic carbocycles. The molecule has 28 heavy (non-hydrogen) atoms. The van der Waals surface area contributed by atoms with E-state index in [0.717, 1.165) is 16.9 Å². The summed E-state index contributed by atoms with van der Waals surface area (Å²) in [5.74, 6) is -1.15. The Morgan fingerprint density at radius 2 is 1.89 bits per heavy atom. The molecular formula is C20H22N2O4S2. The number of rotatable bonds is 7. The van der Waals surface area contributed by atoms with Crippen molar-refractivity contribution in [3.8, 4) is 0 Å². The molecule has 6 nitrogen and oxygen atoms in total. The van der Waals surface area contributed by atoms with Crippen LogP contribution in [-0.2, 0) is 32.5 Å². The second-order valence-corrected chi connectivity index (χ2v) is 9.33. The first-order chi connectivity index (χ1) is 13.3. The zero-order chi connectivity index (χ0) is 20.3. The van der Waals surface area contributed by atoms with Gasteiger partial charge in [-0.25, -0.2) is 12.7 Å². The number of nitrogens with one attached hydrogen (secondary N) is 1. The van der Waals surface area contributed by atoms with E-state index < -0.39 is 28.4 Å². The van der Waals surface area contributed by atoms with Gasteiger partial charge in [-0.3, -0.25) is 9.59 Å². The van der Waals surface area contributed by atoms with Crippen molar-refractivity contribution in [2.75, 3.05) is 13.1 Å². The van der Waals surface area contributed by atoms with E-state index in [-0.39, 0.29) is 10.5 Å². The first kappa shape index (κ1) is 20.3. The van der Waals surface area contributed by atoms with Gasteiger partial charge in [0, 0.05) is 17.0 Å². The maximum atomic E-state index is 12.9. The average molecular weight is 419 g/mol. The van der Waals surface area contributed by atoms with E-state index in [1.54, 1.807) is 23.5 Å². The van der Waals surface area contributed by atoms with Crippen LogP contribution in [0.4, 0.5) is 0 Å². The molecule has 148 valence electrons. The Morgan fingerprint density at radius 3 is 2.50 bits per heavy atom. The zero-order valence-corrected chi connectivity index (χ0v) is 17.4. The fourth-order valence-electron chi connectivity index (χ4n) is 3.08. The first-order valence-corrected chi connectivity index (χ1v) is 11.3. The Balaban J connectivity index is 1.71. The second kappa shape index (κ2) is 8.28. The molecule has 2 heterocycles. The molecular weight excluding hydrogens is 396 g/mol. The average Bonchev–Trinajstić information content (AvgIpc) is 3.24. The fraction of sp³-hybridized carbons (Fsp3) is 0.300. The number of sulfonamides is 1. The summed E-state index contributed by atoms with van der Waals surface area (Å²) < 4.78 is 26.5. The van der Waals surface area contributed by atoms with Crippen molar-refractivity contribution in [3.05, 3.63) is 63.4 Å². The number of carbonyl (C=O) groups is 2. The summed E-state index contributed by atoms with van der Waals surface area (Å²) in [4.78, 5) is 25.8. The van der Waals surface area contributed by atoms with Crippen LogP contribution in [0.2, 0.25) is 0 Å². The van der Waals surface area contributed by atoms with Gasteiger partial charge in [-0.1, -0.05) is 37.3 Å². The Labute approximate surface area is 168 Å². The van der Waals surface area contributed by atoms with Crippen molar-refractivity contribution < 1.29 is 18.0 Å². The molecule has 1 aromatic heterocycles. The first-order valence-electron chi connectivity index (χ1n) is 9.01. The Bertz CT molecular complexity index is 1010. The molecule has 0 radical (unpaired) electrons. The normalized spacial score (nSPS) is 15.9. The number of hydrogen-bond donors (Lipinski definition) is 1. The van der Waals surface area contributed by atoms with E-state index >= 15 is 0 Å². The molecule has 0 spiro atoms. The molecule has 0 fully saturated rings. The number of carbonyl (C=O) groups excluding carboxylic acids is 2. The highest BCUT2D eigenvalue weighted by molar-refractivity contribution is 7.99. The highest BCUT2D eigenvalue weighted by Crippen LogP contribution is 2.35. The molecule has 0 unspecified atom stereocenters. The van der Waals surface area contributed by atoms with Gasteiger partial charge in [0.25, 0.3) is 15.9 Å². The smallest absolute Gasteiger partial charge is 0.268 e. The van der Waals surface area contributed by atoms with Crippen molar-refractivity contribution in [1.82, 2.24) is 9.62 Å². The summed E-state index contributed by atoms with van der Waals surface area (Å²) in [6.07, 6.45) is 1.50. The molecule has 0 saturated heterocycles. The minimum Gasteiger partial charge on any atom is -0.354 e. The highest BCUT2D eigenvalue weighted by Gasteiger charge is 2.43. The van der Waals surface area contributed by atoms with E-state index in [9.17, 15) is 18.0 Å². The molecule has 0 bridgehead atoms. The summed E-state index contributed by atoms with van der Waals surface area (Å²) in [7, 11) is -4.06. The summed E-state index contributed by atoms with van der Waals surface area (Å²) >= 11 is 1.59. The maximum Gasteiger partial charge on any atom is 0.268 e. The molecule has 2 aromatic rings. The van der Waals surface area contributed by atoms with Crippen LogP contribution < -0.4 is 5.32 Å². The number of hydrogen-bond acceptors (Lipinski definition) is 5. The monoisotopic (exact) mass is 418 g/mol. The summed E-state index contributed by atoms with van der Waals surface area (Å²) in [6, 6.07) is 11.0. The molecule has 0 aliphatic carbocycles. The lowest BCUT2D eigenvalue weighted by Crippen LogP contribution is -2.41. The van der Waals surface area contributed by atoms with Crippen molar-refractivity contribution in [1.29, 1.82) is 0 Å². The summed E-state index contributed by atoms with van der Waals surface area (Å²) in [6.45, 7) is 3.37. The molecule has 0 saturated carbocycles. The van der Waals surface area contributed by atoms with Gasteiger partial charge < -0.3 is 5.32 Å². The third-order valence-corrected chi connectivity index (χ3v) is 7.49. The van der Waals surface area contributed by atoms with Gasteiger partial charge in [-0.2, -0.15) is 0 Å². The lowest BCUT2D eigenvalue weighted by atomic mass is 10.1. The van der Waals surface area contributed by atoms with Crippen LogP contribution in [0.5, 0.6) is 0 Å². The Hall–Kier alpha value is -2.45. The van der Waals surface area contributed by atoms with Crippen molar-refractivity contribution in [3.63, 3.8) is 0 Å². The standard InChI is InChI=1S/C20H22N2O4S2/c1-3-15-6-8-16(9-7-15)19-14(2)20(24)22(28(19,25)26)13-18(23)21-11-10-17-5-4-12-27-17/h4-9,12H,3,10-11,13H2,1-2H3,(H,21,23). The SMILES string of the molecule is CCc1ccc(C2=C(C)C(=O)N(CC(=O)NCCc3cccs3)S2(=O)=O)cc1. The lowest BCUT2D eigenvalue weighted by molar-refractivity contribution is -0.128.